The van der Waals surface area contributed by atoms with Crippen molar-refractivity contribution in [3.63, 3.8) is 0 Å². The third kappa shape index (κ3) is 0.874. The molecule has 5 aliphatic rings. The van der Waals surface area contributed by atoms with Crippen molar-refractivity contribution in [2.24, 2.45) is 17.3 Å². The lowest BCUT2D eigenvalue weighted by molar-refractivity contribution is -0.195. The van der Waals surface area contributed by atoms with E-state index in [1.54, 1.807) is 6.92 Å². The molecule has 2 saturated carbocycles. The van der Waals surface area contributed by atoms with Crippen LogP contribution >= 0.6 is 0 Å². The van der Waals surface area contributed by atoms with Gasteiger partial charge in [-0.05, 0) is 13.8 Å². The third-order valence-corrected chi connectivity index (χ3v) is 6.60. The number of aliphatic hydroxyl groups is 1. The zero-order valence-corrected chi connectivity index (χ0v) is 11.8. The summed E-state index contributed by atoms with van der Waals surface area (Å²) in [4.78, 5) is 24.7. The Morgan fingerprint density at radius 3 is 2.76 bits per heavy atom. The minimum absolute atomic E-state index is 0.269. The van der Waals surface area contributed by atoms with Crippen LogP contribution in [0.1, 0.15) is 20.3 Å². The Balaban J connectivity index is 1.78. The first-order valence-electron chi connectivity index (χ1n) is 7.26. The van der Waals surface area contributed by atoms with Gasteiger partial charge in [-0.2, -0.15) is 0 Å². The van der Waals surface area contributed by atoms with Gasteiger partial charge in [-0.15, -0.1) is 0 Å². The average Bonchev–Trinajstić information content (AvgIpc) is 2.86. The molecule has 2 bridgehead atoms. The predicted molar refractivity (Wildman–Crippen MR) is 66.8 cm³/mol. The maximum absolute atomic E-state index is 12.3. The van der Waals surface area contributed by atoms with E-state index >= 15 is 0 Å². The lowest BCUT2D eigenvalue weighted by Crippen LogP contribution is -2.66. The smallest absolute Gasteiger partial charge is 0.342 e. The predicted octanol–water partition coefficient (Wildman–Crippen LogP) is -0.0620. The van der Waals surface area contributed by atoms with Crippen LogP contribution in [0.2, 0.25) is 0 Å². The minimum Gasteiger partial charge on any atom is -0.457 e. The van der Waals surface area contributed by atoms with E-state index in [9.17, 15) is 14.7 Å². The Labute approximate surface area is 121 Å². The van der Waals surface area contributed by atoms with E-state index in [1.807, 2.05) is 6.92 Å². The number of hydrogen-bond acceptors (Lipinski definition) is 6. The van der Waals surface area contributed by atoms with Gasteiger partial charge in [0.1, 0.15) is 12.2 Å². The zero-order chi connectivity index (χ0) is 14.9. The van der Waals surface area contributed by atoms with E-state index < -0.39 is 46.7 Å². The number of carbonyl (C=O) groups is 2. The van der Waals surface area contributed by atoms with Gasteiger partial charge in [0, 0.05) is 12.3 Å². The fraction of sp³-hybridized carbons (Fsp3) is 0.733. The molecule has 2 aliphatic carbocycles. The second kappa shape index (κ2) is 2.90. The van der Waals surface area contributed by atoms with Crippen molar-refractivity contribution in [2.45, 2.75) is 49.8 Å². The summed E-state index contributed by atoms with van der Waals surface area (Å²) in [5.41, 5.74) is -2.60. The van der Waals surface area contributed by atoms with Crippen molar-refractivity contribution in [3.8, 4) is 0 Å². The van der Waals surface area contributed by atoms with Crippen LogP contribution in [-0.4, -0.2) is 46.6 Å². The molecule has 3 heterocycles. The highest BCUT2D eigenvalue weighted by Crippen LogP contribution is 2.76. The highest BCUT2D eigenvalue weighted by molar-refractivity contribution is 5.91. The number of fused-ring (bicyclic) bond motifs is 4. The first-order valence-corrected chi connectivity index (χ1v) is 7.26. The summed E-state index contributed by atoms with van der Waals surface area (Å²) >= 11 is 0. The van der Waals surface area contributed by atoms with E-state index in [2.05, 4.69) is 6.58 Å². The third-order valence-electron chi connectivity index (χ3n) is 6.60. The van der Waals surface area contributed by atoms with Crippen LogP contribution in [0.3, 0.4) is 0 Å². The molecular weight excluding hydrogens is 276 g/mol. The number of ether oxygens (including phenoxy) is 3. The van der Waals surface area contributed by atoms with Crippen molar-refractivity contribution < 1.29 is 28.9 Å². The standard InChI is InChI=1S/C15H16O6/c1-5(2)7-8-11(16)19-9(7)10-13(3)14(8,18)4-6-15(13,21-6)12(17)20-10/h6-10,18H,1,4H2,2-3H3/t6-,7+,8+,9-,10-,13-,14+,15-/m1/s1. The Morgan fingerprint density at radius 2 is 2.10 bits per heavy atom. The number of esters is 2. The van der Waals surface area contributed by atoms with Gasteiger partial charge in [-0.25, -0.2) is 4.79 Å². The summed E-state index contributed by atoms with van der Waals surface area (Å²) in [6.45, 7) is 7.55. The first-order chi connectivity index (χ1) is 9.79. The molecule has 0 aromatic carbocycles. The van der Waals surface area contributed by atoms with E-state index in [0.717, 1.165) is 5.57 Å². The van der Waals surface area contributed by atoms with Crippen LogP contribution in [0, 0.1) is 17.3 Å². The van der Waals surface area contributed by atoms with Crippen molar-refractivity contribution in [1.29, 1.82) is 0 Å². The maximum Gasteiger partial charge on any atom is 0.342 e. The maximum atomic E-state index is 12.3. The molecular formula is C15H16O6. The molecule has 3 saturated heterocycles. The summed E-state index contributed by atoms with van der Waals surface area (Å²) in [5, 5.41) is 11.4. The van der Waals surface area contributed by atoms with Crippen LogP contribution in [-0.2, 0) is 23.8 Å². The average molecular weight is 292 g/mol. The summed E-state index contributed by atoms with van der Waals surface area (Å²) in [5.74, 6) is -1.86. The number of epoxide rings is 1. The van der Waals surface area contributed by atoms with Gasteiger partial charge in [-0.3, -0.25) is 4.79 Å². The second-order valence-electron chi connectivity index (χ2n) is 7.25. The SMILES string of the molecule is C=C(C)[C@@H]1[C@H]2OC(=O)[C@H]1[C@@]1(O)C[C@H]3O[C@@]34C(=O)O[C@H]2[C@]14C. The molecule has 8 atom stereocenters. The Bertz CT molecular complexity index is 642. The van der Waals surface area contributed by atoms with Gasteiger partial charge in [0.05, 0.1) is 16.9 Å². The molecule has 6 heteroatoms. The highest BCUT2D eigenvalue weighted by atomic mass is 16.7. The van der Waals surface area contributed by atoms with Crippen LogP contribution in [0.4, 0.5) is 0 Å². The molecule has 0 amide bonds. The molecule has 21 heavy (non-hydrogen) atoms. The number of rotatable bonds is 1. The molecule has 5 fully saturated rings. The van der Waals surface area contributed by atoms with E-state index in [1.165, 1.54) is 0 Å². The number of carbonyl (C=O) groups excluding carboxylic acids is 2. The Kier molecular flexibility index (Phi) is 1.68. The lowest BCUT2D eigenvalue weighted by Gasteiger charge is -2.51. The van der Waals surface area contributed by atoms with Crippen molar-refractivity contribution in [2.75, 3.05) is 0 Å². The van der Waals surface area contributed by atoms with Crippen LogP contribution < -0.4 is 0 Å². The topological polar surface area (TPSA) is 85.4 Å². The van der Waals surface area contributed by atoms with Crippen LogP contribution in [0.5, 0.6) is 0 Å². The van der Waals surface area contributed by atoms with Crippen molar-refractivity contribution in [1.82, 2.24) is 0 Å². The monoisotopic (exact) mass is 292 g/mol. The Morgan fingerprint density at radius 1 is 1.38 bits per heavy atom. The summed E-state index contributed by atoms with van der Waals surface area (Å²) in [6.07, 6.45) is -1.34. The molecule has 0 unspecified atom stereocenters. The zero-order valence-electron chi connectivity index (χ0n) is 11.8. The molecule has 0 aromatic heterocycles. The molecule has 5 rings (SSSR count). The molecule has 1 N–H and O–H groups in total. The normalized spacial score (nSPS) is 62.0. The van der Waals surface area contributed by atoms with Crippen LogP contribution in [0.15, 0.2) is 12.2 Å². The van der Waals surface area contributed by atoms with E-state index in [4.69, 9.17) is 14.2 Å². The van der Waals surface area contributed by atoms with Gasteiger partial charge in [0.25, 0.3) is 0 Å². The van der Waals surface area contributed by atoms with Gasteiger partial charge in [0.15, 0.2) is 6.10 Å². The van der Waals surface area contributed by atoms with Gasteiger partial charge >= 0.3 is 11.9 Å². The molecule has 112 valence electrons. The number of hydrogen-bond donors (Lipinski definition) is 1. The minimum atomic E-state index is -1.35. The van der Waals surface area contributed by atoms with Crippen molar-refractivity contribution >= 4 is 11.9 Å². The second-order valence-corrected chi connectivity index (χ2v) is 7.25. The molecule has 6 nitrogen and oxygen atoms in total. The fourth-order valence-corrected chi connectivity index (χ4v) is 5.59. The highest BCUT2D eigenvalue weighted by Gasteiger charge is 2.95. The molecule has 0 aromatic rings. The summed E-state index contributed by atoms with van der Waals surface area (Å²) < 4.78 is 16.6. The van der Waals surface area contributed by atoms with Crippen molar-refractivity contribution in [3.05, 3.63) is 12.2 Å². The quantitative estimate of drug-likeness (QED) is 0.414. The molecule has 0 radical (unpaired) electrons. The Hall–Kier alpha value is -1.40. The fourth-order valence-electron chi connectivity index (χ4n) is 5.59. The largest absolute Gasteiger partial charge is 0.457 e. The van der Waals surface area contributed by atoms with E-state index in [0.29, 0.717) is 0 Å². The van der Waals surface area contributed by atoms with Gasteiger partial charge in [0.2, 0.25) is 5.60 Å². The summed E-state index contributed by atoms with van der Waals surface area (Å²) in [7, 11) is 0. The molecule has 1 spiro atoms. The summed E-state index contributed by atoms with van der Waals surface area (Å²) in [6, 6.07) is 0. The van der Waals surface area contributed by atoms with E-state index in [-0.39, 0.29) is 18.4 Å². The lowest BCUT2D eigenvalue weighted by atomic mass is 9.53. The van der Waals surface area contributed by atoms with Gasteiger partial charge in [-0.1, -0.05) is 12.2 Å². The first kappa shape index (κ1) is 12.2. The van der Waals surface area contributed by atoms with Crippen LogP contribution in [0.25, 0.3) is 0 Å². The van der Waals surface area contributed by atoms with Gasteiger partial charge < -0.3 is 19.3 Å². The molecule has 3 aliphatic heterocycles.